The van der Waals surface area contributed by atoms with E-state index in [1.54, 1.807) is 24.3 Å². The molecule has 1 nitrogen and oxygen atoms in total. The third-order valence-electron chi connectivity index (χ3n) is 4.90. The molecule has 0 bridgehead atoms. The van der Waals surface area contributed by atoms with Gasteiger partial charge >= 0.3 is 0 Å². The molecule has 2 aromatic carbocycles. The third kappa shape index (κ3) is 5.99. The Morgan fingerprint density at radius 1 is 0.586 bits per heavy atom. The van der Waals surface area contributed by atoms with Crippen LogP contribution >= 0.6 is 15.8 Å². The Bertz CT molecular complexity index is 735. The van der Waals surface area contributed by atoms with Gasteiger partial charge in [-0.2, -0.15) is 0 Å². The van der Waals surface area contributed by atoms with Crippen LogP contribution in [0, 0.1) is 11.6 Å². The lowest BCUT2D eigenvalue weighted by atomic mass is 10.2. The fourth-order valence-electron chi connectivity index (χ4n) is 4.03. The maximum Gasteiger partial charge on any atom is 0.123 e. The molecule has 0 atom stereocenters. The monoisotopic (exact) mass is 436 g/mol. The first-order chi connectivity index (χ1) is 13.5. The maximum atomic E-state index is 14.2. The molecule has 0 heterocycles. The summed E-state index contributed by atoms with van der Waals surface area (Å²) in [6, 6.07) is 9.83. The molecular weight excluding hydrogens is 402 g/mol. The first-order valence-corrected chi connectivity index (χ1v) is 13.4. The van der Waals surface area contributed by atoms with Gasteiger partial charge in [0.15, 0.2) is 0 Å². The predicted octanol–water partition coefficient (Wildman–Crippen LogP) is 8.15. The summed E-state index contributed by atoms with van der Waals surface area (Å²) in [5.74, 6) is -0.447. The van der Waals surface area contributed by atoms with Gasteiger partial charge in [0.05, 0.1) is 0 Å². The molecule has 0 spiro atoms. The van der Waals surface area contributed by atoms with Crippen molar-refractivity contribution < 1.29 is 8.78 Å². The summed E-state index contributed by atoms with van der Waals surface area (Å²) in [4.78, 5) is 0. The summed E-state index contributed by atoms with van der Waals surface area (Å²) >= 11 is 0. The Morgan fingerprint density at radius 3 is 1.17 bits per heavy atom. The van der Waals surface area contributed by atoms with E-state index in [4.69, 9.17) is 5.32 Å². The van der Waals surface area contributed by atoms with Crippen molar-refractivity contribution in [1.29, 1.82) is 0 Å². The van der Waals surface area contributed by atoms with E-state index in [1.165, 1.54) is 12.1 Å². The average molecular weight is 436 g/mol. The molecule has 0 saturated carbocycles. The molecule has 2 rings (SSSR count). The Kier molecular flexibility index (Phi) is 8.62. The van der Waals surface area contributed by atoms with Gasteiger partial charge in [0, 0.05) is 0 Å². The van der Waals surface area contributed by atoms with Crippen LogP contribution in [0.2, 0.25) is 0 Å². The number of hydrogen-bond acceptors (Lipinski definition) is 0. The SMILES string of the molecule is CC(C)P(c1cc(F)ccc1[N-]c1ccc(F)cc1P(C(C)C)C(C)C)C(C)C. The van der Waals surface area contributed by atoms with Crippen molar-refractivity contribution in [3.05, 3.63) is 53.3 Å². The van der Waals surface area contributed by atoms with Gasteiger partial charge in [-0.25, -0.2) is 8.78 Å². The largest absolute Gasteiger partial charge is 0.657 e. The minimum Gasteiger partial charge on any atom is -0.657 e. The summed E-state index contributed by atoms with van der Waals surface area (Å²) in [6.07, 6.45) is 0. The topological polar surface area (TPSA) is 14.1 Å². The van der Waals surface area contributed by atoms with Gasteiger partial charge in [0.1, 0.15) is 11.6 Å². The molecule has 0 aliphatic carbocycles. The Morgan fingerprint density at radius 2 is 0.897 bits per heavy atom. The molecular formula is C24H34F2NP2-. The van der Waals surface area contributed by atoms with Crippen molar-refractivity contribution in [2.75, 3.05) is 0 Å². The molecule has 0 unspecified atom stereocenters. The highest BCUT2D eigenvalue weighted by Crippen LogP contribution is 2.51. The van der Waals surface area contributed by atoms with Crippen molar-refractivity contribution in [1.82, 2.24) is 0 Å². The maximum absolute atomic E-state index is 14.2. The van der Waals surface area contributed by atoms with E-state index < -0.39 is 15.8 Å². The number of hydrogen-bond donors (Lipinski definition) is 0. The number of halogens is 2. The van der Waals surface area contributed by atoms with E-state index in [0.29, 0.717) is 22.6 Å². The zero-order chi connectivity index (χ0) is 21.9. The predicted molar refractivity (Wildman–Crippen MR) is 129 cm³/mol. The minimum atomic E-state index is -0.566. The number of nitrogens with zero attached hydrogens (tertiary/aromatic N) is 1. The van der Waals surface area contributed by atoms with Crippen molar-refractivity contribution >= 4 is 37.8 Å². The molecule has 0 fully saturated rings. The van der Waals surface area contributed by atoms with E-state index in [0.717, 1.165) is 22.0 Å². The molecule has 0 aliphatic rings. The molecule has 0 aliphatic heterocycles. The van der Waals surface area contributed by atoms with Gasteiger partial charge in [0.2, 0.25) is 0 Å². The zero-order valence-corrected chi connectivity index (χ0v) is 20.7. The zero-order valence-electron chi connectivity index (χ0n) is 18.9. The molecule has 0 radical (unpaired) electrons. The smallest absolute Gasteiger partial charge is 0.123 e. The second-order valence-electron chi connectivity index (χ2n) is 8.57. The van der Waals surface area contributed by atoms with Gasteiger partial charge in [-0.1, -0.05) is 83.4 Å². The first kappa shape index (κ1) is 24.2. The lowest BCUT2D eigenvalue weighted by molar-refractivity contribution is 0.629. The first-order valence-electron chi connectivity index (χ1n) is 10.4. The molecule has 0 amide bonds. The summed E-state index contributed by atoms with van der Waals surface area (Å²) in [5, 5.41) is 6.99. The molecule has 2 aromatic rings. The van der Waals surface area contributed by atoms with Gasteiger partial charge in [0.25, 0.3) is 0 Å². The lowest BCUT2D eigenvalue weighted by Crippen LogP contribution is -2.18. The summed E-state index contributed by atoms with van der Waals surface area (Å²) in [6.45, 7) is 17.6. The second-order valence-corrected chi connectivity index (χ2v) is 15.3. The van der Waals surface area contributed by atoms with Crippen LogP contribution in [0.5, 0.6) is 0 Å². The normalized spacial score (nSPS) is 12.3. The van der Waals surface area contributed by atoms with Crippen molar-refractivity contribution in [3.63, 3.8) is 0 Å². The fourth-order valence-corrected chi connectivity index (χ4v) is 9.96. The lowest BCUT2D eigenvalue weighted by Gasteiger charge is -2.37. The third-order valence-corrected chi connectivity index (χ3v) is 11.2. The fraction of sp³-hybridized carbons (Fsp3) is 0.500. The van der Waals surface area contributed by atoms with E-state index in [2.05, 4.69) is 55.4 Å². The minimum absolute atomic E-state index is 0.223. The van der Waals surface area contributed by atoms with E-state index in [1.807, 2.05) is 0 Å². The number of benzene rings is 2. The molecule has 0 aromatic heterocycles. The highest BCUT2D eigenvalue weighted by atomic mass is 31.1. The quantitative estimate of drug-likeness (QED) is 0.371. The van der Waals surface area contributed by atoms with Crippen molar-refractivity contribution in [2.45, 2.75) is 78.0 Å². The van der Waals surface area contributed by atoms with Crippen LogP contribution < -0.4 is 10.6 Å². The van der Waals surface area contributed by atoms with Crippen LogP contribution in [0.1, 0.15) is 55.4 Å². The molecule has 29 heavy (non-hydrogen) atoms. The van der Waals surface area contributed by atoms with Crippen molar-refractivity contribution in [2.24, 2.45) is 0 Å². The summed E-state index contributed by atoms with van der Waals surface area (Å²) in [5.41, 5.74) is 3.34. The molecule has 0 N–H and O–H groups in total. The van der Waals surface area contributed by atoms with Gasteiger partial charge in [-0.05, 0) is 57.5 Å². The van der Waals surface area contributed by atoms with Gasteiger partial charge in [-0.15, -0.1) is 11.4 Å². The van der Waals surface area contributed by atoms with Crippen LogP contribution in [0.15, 0.2) is 36.4 Å². The van der Waals surface area contributed by atoms with Crippen LogP contribution in [-0.2, 0) is 0 Å². The van der Waals surface area contributed by atoms with Crippen LogP contribution in [0.25, 0.3) is 5.32 Å². The molecule has 5 heteroatoms. The number of rotatable bonds is 8. The Balaban J connectivity index is 2.58. The summed E-state index contributed by atoms with van der Waals surface area (Å²) < 4.78 is 28.3. The average Bonchev–Trinajstić information content (AvgIpc) is 2.58. The van der Waals surface area contributed by atoms with E-state index in [9.17, 15) is 8.78 Å². The highest BCUT2D eigenvalue weighted by molar-refractivity contribution is 7.67. The highest BCUT2D eigenvalue weighted by Gasteiger charge is 2.22. The van der Waals surface area contributed by atoms with Crippen LogP contribution in [-0.4, -0.2) is 22.6 Å². The van der Waals surface area contributed by atoms with E-state index >= 15 is 0 Å². The van der Waals surface area contributed by atoms with E-state index in [-0.39, 0.29) is 11.6 Å². The Labute approximate surface area is 178 Å². The van der Waals surface area contributed by atoms with Gasteiger partial charge < -0.3 is 5.32 Å². The standard InChI is InChI=1S/C24H34F2NP2/c1-15(2)28(16(3)4)23-13-19(25)9-11-21(23)27-22-12-10-20(26)14-24(22)29(17(5)6)18(7)8/h9-18H,1-8H3/q-1. The van der Waals surface area contributed by atoms with Crippen molar-refractivity contribution in [3.8, 4) is 0 Å². The van der Waals surface area contributed by atoms with Gasteiger partial charge in [-0.3, -0.25) is 0 Å². The van der Waals surface area contributed by atoms with Crippen LogP contribution in [0.3, 0.4) is 0 Å². The molecule has 0 saturated heterocycles. The summed E-state index contributed by atoms with van der Waals surface area (Å²) in [7, 11) is -1.13. The second kappa shape index (κ2) is 10.3. The Hall–Kier alpha value is -1.04. The van der Waals surface area contributed by atoms with Crippen LogP contribution in [0.4, 0.5) is 20.2 Å². The molecule has 160 valence electrons.